The van der Waals surface area contributed by atoms with E-state index in [9.17, 15) is 0 Å². The van der Waals surface area contributed by atoms with E-state index in [0.29, 0.717) is 0 Å². The van der Waals surface area contributed by atoms with Crippen molar-refractivity contribution in [3.63, 3.8) is 0 Å². The second-order valence-electron chi connectivity index (χ2n) is 3.39. The predicted molar refractivity (Wildman–Crippen MR) is 70.5 cm³/mol. The van der Waals surface area contributed by atoms with E-state index in [0.717, 1.165) is 16.0 Å². The van der Waals surface area contributed by atoms with Crippen LogP contribution in [0, 0.1) is 0 Å². The van der Waals surface area contributed by atoms with E-state index in [1.165, 1.54) is 4.90 Å². The van der Waals surface area contributed by atoms with Crippen molar-refractivity contribution in [1.29, 1.82) is 0 Å². The second kappa shape index (κ2) is 5.57. The van der Waals surface area contributed by atoms with Crippen LogP contribution in [0.3, 0.4) is 0 Å². The molecule has 84 valence electrons. The molecule has 1 aromatic carbocycles. The molecular formula is C12H12BrNOS. The molecule has 0 aliphatic heterocycles. The fourth-order valence-corrected chi connectivity index (χ4v) is 2.80. The second-order valence-corrected chi connectivity index (χ2v) is 5.40. The molecule has 1 heterocycles. The molecule has 2 N–H and O–H groups in total. The summed E-state index contributed by atoms with van der Waals surface area (Å²) in [5, 5.41) is 0. The first-order valence-corrected chi connectivity index (χ1v) is 6.71. The van der Waals surface area contributed by atoms with Crippen LogP contribution in [0.15, 0.2) is 56.4 Å². The minimum Gasteiger partial charge on any atom is -0.468 e. The summed E-state index contributed by atoms with van der Waals surface area (Å²) in [6, 6.07) is 11.9. The minimum atomic E-state index is -0.0565. The molecule has 16 heavy (non-hydrogen) atoms. The maximum absolute atomic E-state index is 6.00. The van der Waals surface area contributed by atoms with Crippen LogP contribution < -0.4 is 5.73 Å². The Morgan fingerprint density at radius 1 is 1.31 bits per heavy atom. The van der Waals surface area contributed by atoms with Crippen molar-refractivity contribution in [3.8, 4) is 0 Å². The summed E-state index contributed by atoms with van der Waals surface area (Å²) in [5.41, 5.74) is 6.00. The van der Waals surface area contributed by atoms with Gasteiger partial charge in [0.1, 0.15) is 5.76 Å². The molecule has 1 aromatic heterocycles. The smallest absolute Gasteiger partial charge is 0.121 e. The van der Waals surface area contributed by atoms with Crippen molar-refractivity contribution in [2.75, 3.05) is 5.75 Å². The van der Waals surface area contributed by atoms with Crippen molar-refractivity contribution in [1.82, 2.24) is 0 Å². The van der Waals surface area contributed by atoms with Crippen LogP contribution in [0.2, 0.25) is 0 Å². The Hall–Kier alpha value is -0.710. The fraction of sp³-hybridized carbons (Fsp3) is 0.167. The van der Waals surface area contributed by atoms with Gasteiger partial charge in [0.2, 0.25) is 0 Å². The van der Waals surface area contributed by atoms with E-state index < -0.39 is 0 Å². The van der Waals surface area contributed by atoms with Gasteiger partial charge in [0.25, 0.3) is 0 Å². The lowest BCUT2D eigenvalue weighted by molar-refractivity contribution is 0.482. The van der Waals surface area contributed by atoms with Gasteiger partial charge in [0.15, 0.2) is 0 Å². The van der Waals surface area contributed by atoms with Gasteiger partial charge in [-0.15, -0.1) is 11.8 Å². The first-order valence-electron chi connectivity index (χ1n) is 4.93. The number of halogens is 1. The summed E-state index contributed by atoms with van der Waals surface area (Å²) in [6.07, 6.45) is 1.65. The summed E-state index contributed by atoms with van der Waals surface area (Å²) < 4.78 is 6.35. The highest BCUT2D eigenvalue weighted by Gasteiger charge is 2.09. The van der Waals surface area contributed by atoms with E-state index in [4.69, 9.17) is 10.2 Å². The van der Waals surface area contributed by atoms with E-state index >= 15 is 0 Å². The Bertz CT molecular complexity index is 444. The molecule has 0 fully saturated rings. The van der Waals surface area contributed by atoms with Gasteiger partial charge < -0.3 is 10.2 Å². The van der Waals surface area contributed by atoms with Gasteiger partial charge in [0.05, 0.1) is 12.3 Å². The number of benzene rings is 1. The third kappa shape index (κ3) is 3.14. The maximum atomic E-state index is 6.00. The van der Waals surface area contributed by atoms with E-state index in [-0.39, 0.29) is 6.04 Å². The Morgan fingerprint density at radius 2 is 2.19 bits per heavy atom. The van der Waals surface area contributed by atoms with Crippen LogP contribution >= 0.6 is 27.7 Å². The first-order chi connectivity index (χ1) is 7.75. The van der Waals surface area contributed by atoms with Crippen LogP contribution in [0.25, 0.3) is 0 Å². The zero-order chi connectivity index (χ0) is 11.4. The van der Waals surface area contributed by atoms with Gasteiger partial charge in [-0.3, -0.25) is 0 Å². The first kappa shape index (κ1) is 11.8. The monoisotopic (exact) mass is 297 g/mol. The van der Waals surface area contributed by atoms with Crippen molar-refractivity contribution in [3.05, 3.63) is 52.9 Å². The third-order valence-corrected chi connectivity index (χ3v) is 3.74. The highest BCUT2D eigenvalue weighted by Crippen LogP contribution is 2.25. The van der Waals surface area contributed by atoms with Gasteiger partial charge in [-0.1, -0.05) is 22.0 Å². The summed E-state index contributed by atoms with van der Waals surface area (Å²) in [7, 11) is 0. The SMILES string of the molecule is NC(CSc1cccc(Br)c1)c1ccco1. The molecule has 0 amide bonds. The van der Waals surface area contributed by atoms with Crippen molar-refractivity contribution < 1.29 is 4.42 Å². The minimum absolute atomic E-state index is 0.0565. The maximum Gasteiger partial charge on any atom is 0.121 e. The molecule has 1 unspecified atom stereocenters. The van der Waals surface area contributed by atoms with Crippen LogP contribution in [0.5, 0.6) is 0 Å². The Kier molecular flexibility index (Phi) is 4.09. The molecule has 2 aromatic rings. The number of hydrogen-bond donors (Lipinski definition) is 1. The highest BCUT2D eigenvalue weighted by atomic mass is 79.9. The van der Waals surface area contributed by atoms with Crippen molar-refractivity contribution in [2.45, 2.75) is 10.9 Å². The van der Waals surface area contributed by atoms with E-state index in [1.54, 1.807) is 18.0 Å². The normalized spacial score (nSPS) is 12.6. The van der Waals surface area contributed by atoms with Gasteiger partial charge >= 0.3 is 0 Å². The molecule has 4 heteroatoms. The van der Waals surface area contributed by atoms with Crippen LogP contribution in [0.1, 0.15) is 11.8 Å². The zero-order valence-corrected chi connectivity index (χ0v) is 11.0. The summed E-state index contributed by atoms with van der Waals surface area (Å²) in [5.74, 6) is 1.65. The molecule has 2 nitrogen and oxygen atoms in total. The van der Waals surface area contributed by atoms with Gasteiger partial charge in [-0.25, -0.2) is 0 Å². The summed E-state index contributed by atoms with van der Waals surface area (Å²) in [4.78, 5) is 1.20. The molecule has 0 saturated carbocycles. The van der Waals surface area contributed by atoms with E-state index in [1.807, 2.05) is 24.3 Å². The number of nitrogens with two attached hydrogens (primary N) is 1. The Labute approximate surface area is 107 Å². The van der Waals surface area contributed by atoms with Crippen LogP contribution in [-0.4, -0.2) is 5.75 Å². The third-order valence-electron chi connectivity index (χ3n) is 2.13. The Morgan fingerprint density at radius 3 is 2.88 bits per heavy atom. The zero-order valence-electron chi connectivity index (χ0n) is 8.60. The van der Waals surface area contributed by atoms with Gasteiger partial charge in [-0.2, -0.15) is 0 Å². The van der Waals surface area contributed by atoms with Gasteiger partial charge in [-0.05, 0) is 30.3 Å². The lowest BCUT2D eigenvalue weighted by Gasteiger charge is -2.08. The molecule has 0 bridgehead atoms. The van der Waals surface area contributed by atoms with Crippen LogP contribution in [-0.2, 0) is 0 Å². The molecular weight excluding hydrogens is 286 g/mol. The average Bonchev–Trinajstić information content (AvgIpc) is 2.79. The molecule has 0 saturated heterocycles. The lowest BCUT2D eigenvalue weighted by Crippen LogP contribution is -2.11. The summed E-state index contributed by atoms with van der Waals surface area (Å²) in [6.45, 7) is 0. The quantitative estimate of drug-likeness (QED) is 0.872. The highest BCUT2D eigenvalue weighted by molar-refractivity contribution is 9.10. The number of thioether (sulfide) groups is 1. The summed E-state index contributed by atoms with van der Waals surface area (Å²) >= 11 is 5.17. The van der Waals surface area contributed by atoms with Crippen molar-refractivity contribution in [2.24, 2.45) is 5.73 Å². The Balaban J connectivity index is 1.92. The van der Waals surface area contributed by atoms with Gasteiger partial charge in [0, 0.05) is 15.1 Å². The van der Waals surface area contributed by atoms with Crippen molar-refractivity contribution >= 4 is 27.7 Å². The molecule has 2 rings (SSSR count). The number of hydrogen-bond acceptors (Lipinski definition) is 3. The molecule has 0 aliphatic rings. The number of furan rings is 1. The predicted octanol–water partition coefficient (Wildman–Crippen LogP) is 3.83. The fourth-order valence-electron chi connectivity index (χ4n) is 1.33. The molecule has 1 atom stereocenters. The molecule has 0 spiro atoms. The lowest BCUT2D eigenvalue weighted by atomic mass is 10.3. The van der Waals surface area contributed by atoms with Crippen LogP contribution in [0.4, 0.5) is 0 Å². The molecule has 0 radical (unpaired) electrons. The number of rotatable bonds is 4. The molecule has 0 aliphatic carbocycles. The topological polar surface area (TPSA) is 39.2 Å². The standard InChI is InChI=1S/C12H12BrNOS/c13-9-3-1-4-10(7-9)16-8-11(14)12-5-2-6-15-12/h1-7,11H,8,14H2. The average molecular weight is 298 g/mol. The largest absolute Gasteiger partial charge is 0.468 e. The van der Waals surface area contributed by atoms with E-state index in [2.05, 4.69) is 28.1 Å².